The van der Waals surface area contributed by atoms with E-state index in [1.165, 1.54) is 0 Å². The number of ether oxygens (including phenoxy) is 1. The Balaban J connectivity index is 1.77. The minimum Gasteiger partial charge on any atom is -0.368 e. The van der Waals surface area contributed by atoms with Crippen molar-refractivity contribution in [3.63, 3.8) is 0 Å². The zero-order chi connectivity index (χ0) is 16.4. The topological polar surface area (TPSA) is 63.5 Å². The van der Waals surface area contributed by atoms with Crippen molar-refractivity contribution < 1.29 is 9.53 Å². The van der Waals surface area contributed by atoms with Gasteiger partial charge in [-0.1, -0.05) is 6.07 Å². The number of rotatable bonds is 3. The minimum absolute atomic E-state index is 0.0259. The predicted molar refractivity (Wildman–Crippen MR) is 86.4 cm³/mol. The van der Waals surface area contributed by atoms with Crippen molar-refractivity contribution in [1.29, 1.82) is 0 Å². The molecular weight excluding hydrogens is 294 g/mol. The van der Waals surface area contributed by atoms with Crippen LogP contribution in [0.5, 0.6) is 0 Å². The summed E-state index contributed by atoms with van der Waals surface area (Å²) in [5.74, 6) is 0.850. The molecule has 0 aromatic carbocycles. The molecule has 0 aliphatic carbocycles. The molecule has 23 heavy (non-hydrogen) atoms. The molecule has 0 bridgehead atoms. The maximum absolute atomic E-state index is 12.6. The number of amides is 1. The fourth-order valence-corrected chi connectivity index (χ4v) is 2.63. The number of pyridine rings is 1. The van der Waals surface area contributed by atoms with Crippen LogP contribution in [0.3, 0.4) is 0 Å². The average molecular weight is 315 g/mol. The number of aryl methyl sites for hydroxylation is 1. The second-order valence-electron chi connectivity index (χ2n) is 5.77. The average Bonchev–Trinajstić information content (AvgIpc) is 3.00. The zero-order valence-corrected chi connectivity index (χ0v) is 13.6. The Labute approximate surface area is 135 Å². The first-order valence-electron chi connectivity index (χ1n) is 7.59. The molecule has 0 spiro atoms. The molecule has 1 amide bonds. The molecule has 0 saturated carbocycles. The van der Waals surface area contributed by atoms with Crippen molar-refractivity contribution in [2.24, 2.45) is 7.05 Å². The first kappa shape index (κ1) is 15.5. The molecule has 1 saturated heterocycles. The van der Waals surface area contributed by atoms with E-state index >= 15 is 0 Å². The van der Waals surface area contributed by atoms with Crippen molar-refractivity contribution in [1.82, 2.24) is 19.7 Å². The van der Waals surface area contributed by atoms with Crippen LogP contribution in [-0.2, 0) is 11.8 Å². The molecule has 1 aliphatic heterocycles. The van der Waals surface area contributed by atoms with Crippen LogP contribution < -0.4 is 4.90 Å². The third kappa shape index (κ3) is 3.19. The number of anilines is 1. The van der Waals surface area contributed by atoms with Crippen molar-refractivity contribution in [2.45, 2.75) is 6.10 Å². The number of hydrogen-bond donors (Lipinski definition) is 0. The van der Waals surface area contributed by atoms with Gasteiger partial charge in [0.1, 0.15) is 17.6 Å². The van der Waals surface area contributed by atoms with Gasteiger partial charge >= 0.3 is 0 Å². The van der Waals surface area contributed by atoms with Crippen LogP contribution >= 0.6 is 0 Å². The molecular formula is C16H21N5O2. The van der Waals surface area contributed by atoms with Gasteiger partial charge in [-0.2, -0.15) is 5.10 Å². The van der Waals surface area contributed by atoms with Crippen molar-refractivity contribution in [3.8, 4) is 0 Å². The summed E-state index contributed by atoms with van der Waals surface area (Å²) in [4.78, 5) is 21.0. The maximum atomic E-state index is 12.6. The summed E-state index contributed by atoms with van der Waals surface area (Å²) in [6.45, 7) is 1.57. The van der Waals surface area contributed by atoms with Gasteiger partial charge in [0.05, 0.1) is 18.8 Å². The molecule has 1 fully saturated rings. The highest BCUT2D eigenvalue weighted by Gasteiger charge is 2.28. The molecule has 1 atom stereocenters. The van der Waals surface area contributed by atoms with Crippen LogP contribution in [0, 0.1) is 0 Å². The van der Waals surface area contributed by atoms with E-state index in [2.05, 4.69) is 10.1 Å². The molecule has 3 heterocycles. The Morgan fingerprint density at radius 3 is 2.87 bits per heavy atom. The van der Waals surface area contributed by atoms with E-state index in [0.717, 1.165) is 11.5 Å². The number of carbonyl (C=O) groups excluding carboxylic acids is 1. The standard InChI is InChI=1S/C16H21N5O2/c1-19(2)15-6-4-5-12(18-15)14-11-21(9-10-23-14)16(22)13-7-8-17-20(13)3/h4-8,14H,9-11H2,1-3H3/t14-/m0/s1. The number of carbonyl (C=O) groups is 1. The third-order valence-electron chi connectivity index (χ3n) is 3.94. The highest BCUT2D eigenvalue weighted by Crippen LogP contribution is 2.23. The van der Waals surface area contributed by atoms with Gasteiger partial charge < -0.3 is 14.5 Å². The van der Waals surface area contributed by atoms with E-state index < -0.39 is 0 Å². The van der Waals surface area contributed by atoms with Crippen molar-refractivity contribution in [2.75, 3.05) is 38.7 Å². The molecule has 3 rings (SSSR count). The lowest BCUT2D eigenvalue weighted by Crippen LogP contribution is -2.43. The lowest BCUT2D eigenvalue weighted by Gasteiger charge is -2.32. The number of morpholine rings is 1. The first-order valence-corrected chi connectivity index (χ1v) is 7.59. The van der Waals surface area contributed by atoms with Crippen LogP contribution in [0.4, 0.5) is 5.82 Å². The lowest BCUT2D eigenvalue weighted by atomic mass is 10.1. The molecule has 0 radical (unpaired) electrons. The van der Waals surface area contributed by atoms with Crippen LogP contribution in [0.2, 0.25) is 0 Å². The lowest BCUT2D eigenvalue weighted by molar-refractivity contribution is -0.0250. The molecule has 0 N–H and O–H groups in total. The van der Waals surface area contributed by atoms with E-state index in [0.29, 0.717) is 25.4 Å². The summed E-state index contributed by atoms with van der Waals surface area (Å²) in [6.07, 6.45) is 1.42. The summed E-state index contributed by atoms with van der Waals surface area (Å²) in [7, 11) is 5.67. The summed E-state index contributed by atoms with van der Waals surface area (Å²) in [6, 6.07) is 7.58. The van der Waals surface area contributed by atoms with Gasteiger partial charge in [-0.05, 0) is 18.2 Å². The highest BCUT2D eigenvalue weighted by atomic mass is 16.5. The van der Waals surface area contributed by atoms with Gasteiger partial charge in [-0.3, -0.25) is 9.48 Å². The first-order chi connectivity index (χ1) is 11.1. The Morgan fingerprint density at radius 2 is 2.17 bits per heavy atom. The van der Waals surface area contributed by atoms with E-state index in [1.54, 1.807) is 28.9 Å². The van der Waals surface area contributed by atoms with E-state index in [1.807, 2.05) is 37.2 Å². The SMILES string of the molecule is CN(C)c1cccc([C@@H]2CN(C(=O)c3ccnn3C)CCO2)n1. The van der Waals surface area contributed by atoms with Crippen LogP contribution in [0.1, 0.15) is 22.3 Å². The largest absolute Gasteiger partial charge is 0.368 e. The minimum atomic E-state index is -0.208. The Bertz CT molecular complexity index is 697. The third-order valence-corrected chi connectivity index (χ3v) is 3.94. The van der Waals surface area contributed by atoms with Gasteiger partial charge in [0, 0.05) is 33.9 Å². The smallest absolute Gasteiger partial charge is 0.272 e. The van der Waals surface area contributed by atoms with Gasteiger partial charge in [0.2, 0.25) is 0 Å². The second-order valence-corrected chi connectivity index (χ2v) is 5.77. The maximum Gasteiger partial charge on any atom is 0.272 e. The monoisotopic (exact) mass is 315 g/mol. The predicted octanol–water partition coefficient (Wildman–Crippen LogP) is 1.09. The summed E-state index contributed by atoms with van der Waals surface area (Å²) in [5.41, 5.74) is 1.43. The van der Waals surface area contributed by atoms with Crippen LogP contribution in [0.15, 0.2) is 30.5 Å². The van der Waals surface area contributed by atoms with E-state index in [9.17, 15) is 4.79 Å². The summed E-state index contributed by atoms with van der Waals surface area (Å²) < 4.78 is 7.42. The van der Waals surface area contributed by atoms with Gasteiger partial charge in [-0.15, -0.1) is 0 Å². The fourth-order valence-electron chi connectivity index (χ4n) is 2.63. The Kier molecular flexibility index (Phi) is 4.29. The molecule has 2 aromatic heterocycles. The number of hydrogen-bond acceptors (Lipinski definition) is 5. The second kappa shape index (κ2) is 6.37. The van der Waals surface area contributed by atoms with Gasteiger partial charge in [-0.25, -0.2) is 4.98 Å². The molecule has 1 aliphatic rings. The summed E-state index contributed by atoms with van der Waals surface area (Å²) >= 11 is 0. The molecule has 7 nitrogen and oxygen atoms in total. The van der Waals surface area contributed by atoms with Crippen molar-refractivity contribution in [3.05, 3.63) is 41.9 Å². The number of aromatic nitrogens is 3. The molecule has 7 heteroatoms. The Morgan fingerprint density at radius 1 is 1.35 bits per heavy atom. The van der Waals surface area contributed by atoms with E-state index in [4.69, 9.17) is 4.74 Å². The Hall–Kier alpha value is -2.41. The number of nitrogens with zero attached hydrogens (tertiary/aromatic N) is 5. The summed E-state index contributed by atoms with van der Waals surface area (Å²) in [5, 5.41) is 4.06. The highest BCUT2D eigenvalue weighted by molar-refractivity contribution is 5.92. The van der Waals surface area contributed by atoms with E-state index in [-0.39, 0.29) is 12.0 Å². The van der Waals surface area contributed by atoms with Gasteiger partial charge in [0.15, 0.2) is 0 Å². The quantitative estimate of drug-likeness (QED) is 0.848. The molecule has 2 aromatic rings. The zero-order valence-electron chi connectivity index (χ0n) is 13.6. The fraction of sp³-hybridized carbons (Fsp3) is 0.438. The van der Waals surface area contributed by atoms with Crippen molar-refractivity contribution >= 4 is 11.7 Å². The van der Waals surface area contributed by atoms with Crippen LogP contribution in [-0.4, -0.2) is 59.4 Å². The molecule has 122 valence electrons. The van der Waals surface area contributed by atoms with Gasteiger partial charge in [0.25, 0.3) is 5.91 Å². The normalized spacial score (nSPS) is 18.0. The molecule has 0 unspecified atom stereocenters. The van der Waals surface area contributed by atoms with Crippen LogP contribution in [0.25, 0.3) is 0 Å².